The molecule has 2 N–H and O–H groups in total. The number of hydrogen-bond acceptors (Lipinski definition) is 4. The molecule has 88 valence electrons. The van der Waals surface area contributed by atoms with Crippen LogP contribution in [0, 0.1) is 0 Å². The number of ketones is 1. The zero-order chi connectivity index (χ0) is 12.2. The van der Waals surface area contributed by atoms with E-state index < -0.39 is 17.7 Å². The fourth-order valence-corrected chi connectivity index (χ4v) is 1.45. The van der Waals surface area contributed by atoms with Gasteiger partial charge in [0, 0.05) is 13.5 Å². The molecule has 0 spiro atoms. The molecule has 4 heteroatoms. The summed E-state index contributed by atoms with van der Waals surface area (Å²) < 4.78 is 4.96. The first-order valence-corrected chi connectivity index (χ1v) is 5.12. The molecule has 4 nitrogen and oxygen atoms in total. The number of rotatable bonds is 5. The standard InChI is InChI=1S/C12H16O4/c1-3-16-12(15,9(2)13)11(14)10-7-5-4-6-8-10/h4-8,11,14-15H,3H2,1-2H3. The number of carbonyl (C=O) groups excluding carboxylic acids is 1. The van der Waals surface area contributed by atoms with Gasteiger partial charge in [-0.2, -0.15) is 0 Å². The molecule has 1 rings (SSSR count). The number of aliphatic hydroxyl groups excluding tert-OH is 1. The minimum absolute atomic E-state index is 0.139. The molecular weight excluding hydrogens is 208 g/mol. The smallest absolute Gasteiger partial charge is 0.257 e. The van der Waals surface area contributed by atoms with Crippen LogP contribution in [0.25, 0.3) is 0 Å². The van der Waals surface area contributed by atoms with Crippen LogP contribution in [0.4, 0.5) is 0 Å². The third kappa shape index (κ3) is 2.47. The normalized spacial score (nSPS) is 16.5. The van der Waals surface area contributed by atoms with Gasteiger partial charge in [0.2, 0.25) is 0 Å². The molecule has 2 unspecified atom stereocenters. The average Bonchev–Trinajstić information content (AvgIpc) is 2.29. The number of hydrogen-bond donors (Lipinski definition) is 2. The molecule has 0 aliphatic heterocycles. The van der Waals surface area contributed by atoms with Gasteiger partial charge >= 0.3 is 0 Å². The van der Waals surface area contributed by atoms with Crippen molar-refractivity contribution in [3.8, 4) is 0 Å². The van der Waals surface area contributed by atoms with E-state index in [1.54, 1.807) is 37.3 Å². The minimum atomic E-state index is -2.17. The number of carbonyl (C=O) groups is 1. The molecule has 0 saturated heterocycles. The summed E-state index contributed by atoms with van der Waals surface area (Å²) in [6.45, 7) is 2.97. The lowest BCUT2D eigenvalue weighted by Crippen LogP contribution is -2.46. The fraction of sp³-hybridized carbons (Fsp3) is 0.417. The maximum atomic E-state index is 11.3. The molecule has 0 aromatic heterocycles. The fourth-order valence-electron chi connectivity index (χ4n) is 1.45. The van der Waals surface area contributed by atoms with Crippen molar-refractivity contribution in [3.05, 3.63) is 35.9 Å². The van der Waals surface area contributed by atoms with Crippen molar-refractivity contribution in [2.24, 2.45) is 0 Å². The molecule has 0 bridgehead atoms. The Morgan fingerprint density at radius 3 is 2.44 bits per heavy atom. The summed E-state index contributed by atoms with van der Waals surface area (Å²) in [5, 5.41) is 19.9. The summed E-state index contributed by atoms with van der Waals surface area (Å²) >= 11 is 0. The summed E-state index contributed by atoms with van der Waals surface area (Å²) in [4.78, 5) is 11.3. The van der Waals surface area contributed by atoms with Crippen LogP contribution >= 0.6 is 0 Å². The van der Waals surface area contributed by atoms with Crippen molar-refractivity contribution in [2.45, 2.75) is 25.7 Å². The van der Waals surface area contributed by atoms with Gasteiger partial charge in [0.15, 0.2) is 5.78 Å². The highest BCUT2D eigenvalue weighted by Crippen LogP contribution is 2.27. The zero-order valence-electron chi connectivity index (χ0n) is 9.38. The Labute approximate surface area is 94.5 Å². The largest absolute Gasteiger partial charge is 0.382 e. The second-order valence-electron chi connectivity index (χ2n) is 3.50. The maximum Gasteiger partial charge on any atom is 0.257 e. The number of Topliss-reactive ketones (excluding diaryl/α,β-unsaturated/α-hetero) is 1. The first kappa shape index (κ1) is 12.8. The number of aliphatic hydroxyl groups is 2. The molecule has 1 aromatic carbocycles. The average molecular weight is 224 g/mol. The first-order valence-electron chi connectivity index (χ1n) is 5.12. The van der Waals surface area contributed by atoms with E-state index in [-0.39, 0.29) is 6.61 Å². The second-order valence-corrected chi connectivity index (χ2v) is 3.50. The molecule has 2 atom stereocenters. The van der Waals surface area contributed by atoms with E-state index in [2.05, 4.69) is 0 Å². The lowest BCUT2D eigenvalue weighted by molar-refractivity contribution is -0.242. The van der Waals surface area contributed by atoms with E-state index in [4.69, 9.17) is 4.74 Å². The summed E-state index contributed by atoms with van der Waals surface area (Å²) in [7, 11) is 0. The molecular formula is C12H16O4. The van der Waals surface area contributed by atoms with Crippen molar-refractivity contribution in [2.75, 3.05) is 6.61 Å². The molecule has 1 aromatic rings. The van der Waals surface area contributed by atoms with Crippen LogP contribution in [-0.2, 0) is 9.53 Å². The van der Waals surface area contributed by atoms with E-state index in [1.165, 1.54) is 6.92 Å². The summed E-state index contributed by atoms with van der Waals surface area (Å²) in [5.74, 6) is -2.79. The Bertz CT molecular complexity index is 349. The third-order valence-electron chi connectivity index (χ3n) is 2.35. The van der Waals surface area contributed by atoms with Gasteiger partial charge in [-0.05, 0) is 12.5 Å². The third-order valence-corrected chi connectivity index (χ3v) is 2.35. The van der Waals surface area contributed by atoms with Gasteiger partial charge in [-0.15, -0.1) is 0 Å². The summed E-state index contributed by atoms with van der Waals surface area (Å²) in [6.07, 6.45) is -1.38. The zero-order valence-corrected chi connectivity index (χ0v) is 9.38. The van der Waals surface area contributed by atoms with Gasteiger partial charge in [0.25, 0.3) is 5.79 Å². The Hall–Kier alpha value is -1.23. The topological polar surface area (TPSA) is 66.8 Å². The van der Waals surface area contributed by atoms with E-state index in [0.717, 1.165) is 0 Å². The Morgan fingerprint density at radius 1 is 1.44 bits per heavy atom. The minimum Gasteiger partial charge on any atom is -0.382 e. The summed E-state index contributed by atoms with van der Waals surface area (Å²) in [5.41, 5.74) is 0.439. The van der Waals surface area contributed by atoms with Gasteiger partial charge < -0.3 is 14.9 Å². The van der Waals surface area contributed by atoms with Gasteiger partial charge in [-0.25, -0.2) is 0 Å². The number of ether oxygens (including phenoxy) is 1. The molecule has 0 fully saturated rings. The Morgan fingerprint density at radius 2 is 2.00 bits per heavy atom. The maximum absolute atomic E-state index is 11.3. The van der Waals surface area contributed by atoms with Crippen molar-refractivity contribution in [1.82, 2.24) is 0 Å². The molecule has 0 heterocycles. The summed E-state index contributed by atoms with van der Waals surface area (Å²) in [6, 6.07) is 8.45. The molecule has 0 radical (unpaired) electrons. The SMILES string of the molecule is CCOC(O)(C(C)=O)C(O)c1ccccc1. The van der Waals surface area contributed by atoms with Gasteiger partial charge in [-0.1, -0.05) is 30.3 Å². The lowest BCUT2D eigenvalue weighted by Gasteiger charge is -2.30. The van der Waals surface area contributed by atoms with Gasteiger partial charge in [0.1, 0.15) is 6.10 Å². The molecule has 0 amide bonds. The van der Waals surface area contributed by atoms with Crippen LogP contribution in [0.2, 0.25) is 0 Å². The van der Waals surface area contributed by atoms with E-state index in [9.17, 15) is 15.0 Å². The van der Waals surface area contributed by atoms with Crippen molar-refractivity contribution in [1.29, 1.82) is 0 Å². The predicted molar refractivity (Wildman–Crippen MR) is 58.7 cm³/mol. The monoisotopic (exact) mass is 224 g/mol. The molecule has 0 saturated carbocycles. The molecule has 0 aliphatic rings. The van der Waals surface area contributed by atoms with Crippen LogP contribution in [0.1, 0.15) is 25.5 Å². The van der Waals surface area contributed by atoms with E-state index >= 15 is 0 Å². The first-order chi connectivity index (χ1) is 7.52. The van der Waals surface area contributed by atoms with Crippen molar-refractivity contribution in [3.63, 3.8) is 0 Å². The van der Waals surface area contributed by atoms with Crippen LogP contribution in [0.5, 0.6) is 0 Å². The van der Waals surface area contributed by atoms with E-state index in [1.807, 2.05) is 0 Å². The lowest BCUT2D eigenvalue weighted by atomic mass is 9.98. The Kier molecular flexibility index (Phi) is 4.18. The highest BCUT2D eigenvalue weighted by Gasteiger charge is 2.42. The quantitative estimate of drug-likeness (QED) is 0.733. The van der Waals surface area contributed by atoms with Crippen LogP contribution in [-0.4, -0.2) is 28.4 Å². The highest BCUT2D eigenvalue weighted by atomic mass is 16.6. The van der Waals surface area contributed by atoms with Crippen LogP contribution < -0.4 is 0 Å². The van der Waals surface area contributed by atoms with Crippen LogP contribution in [0.3, 0.4) is 0 Å². The van der Waals surface area contributed by atoms with Crippen molar-refractivity contribution >= 4 is 5.78 Å². The van der Waals surface area contributed by atoms with Crippen molar-refractivity contribution < 1.29 is 19.7 Å². The van der Waals surface area contributed by atoms with Crippen LogP contribution in [0.15, 0.2) is 30.3 Å². The number of benzene rings is 1. The Balaban J connectivity index is 3.00. The van der Waals surface area contributed by atoms with Gasteiger partial charge in [0.05, 0.1) is 0 Å². The van der Waals surface area contributed by atoms with E-state index in [0.29, 0.717) is 5.56 Å². The highest BCUT2D eigenvalue weighted by molar-refractivity contribution is 5.84. The molecule has 16 heavy (non-hydrogen) atoms. The predicted octanol–water partition coefficient (Wildman–Crippen LogP) is 1.03. The second kappa shape index (κ2) is 5.21. The van der Waals surface area contributed by atoms with Gasteiger partial charge in [-0.3, -0.25) is 4.79 Å². The molecule has 0 aliphatic carbocycles.